The third-order valence-electron chi connectivity index (χ3n) is 4.37. The second-order valence-electron chi connectivity index (χ2n) is 6.40. The number of carbonyl (C=O) groups excluding carboxylic acids is 2. The van der Waals surface area contributed by atoms with Crippen molar-refractivity contribution in [2.75, 3.05) is 7.11 Å². The second kappa shape index (κ2) is 8.99. The van der Waals surface area contributed by atoms with Crippen molar-refractivity contribution in [3.8, 4) is 5.75 Å². The quantitative estimate of drug-likeness (QED) is 0.528. The normalized spacial score (nSPS) is 10.6. The summed E-state index contributed by atoms with van der Waals surface area (Å²) in [5.74, 6) is 2.11. The summed E-state index contributed by atoms with van der Waals surface area (Å²) in [7, 11) is 1.63. The fourth-order valence-electron chi connectivity index (χ4n) is 2.86. The maximum Gasteiger partial charge on any atom is 0.170 e. The molecule has 3 aromatic rings. The van der Waals surface area contributed by atoms with Gasteiger partial charge in [-0.1, -0.05) is 42.5 Å². The van der Waals surface area contributed by atoms with E-state index in [1.165, 1.54) is 0 Å². The molecule has 0 aliphatic rings. The van der Waals surface area contributed by atoms with Gasteiger partial charge in [0.15, 0.2) is 5.78 Å². The maximum absolute atomic E-state index is 12.2. The molecular weight excluding hydrogens is 340 g/mol. The Hall–Kier alpha value is -3.14. The number of rotatable bonds is 9. The Kier molecular flexibility index (Phi) is 6.21. The predicted molar refractivity (Wildman–Crippen MR) is 103 cm³/mol. The number of methoxy groups -OCH3 is 1. The van der Waals surface area contributed by atoms with Crippen LogP contribution in [0.4, 0.5) is 0 Å². The standard InChI is InChI=1S/C23H22O4/c1-26-20-11-8-17(9-12-20)7-10-19(24)15-21-13-14-22(27-21)16-23(25)18-5-3-2-4-6-18/h2-6,8-9,11-14H,7,10,15-16H2,1H3. The molecule has 0 radical (unpaired) electrons. The molecule has 138 valence electrons. The Morgan fingerprint density at radius 1 is 0.852 bits per heavy atom. The highest BCUT2D eigenvalue weighted by Crippen LogP contribution is 2.15. The van der Waals surface area contributed by atoms with Crippen LogP contribution in [-0.4, -0.2) is 18.7 Å². The molecule has 0 aliphatic carbocycles. The van der Waals surface area contributed by atoms with Gasteiger partial charge in [0.2, 0.25) is 0 Å². The van der Waals surface area contributed by atoms with E-state index >= 15 is 0 Å². The Morgan fingerprint density at radius 2 is 1.52 bits per heavy atom. The van der Waals surface area contributed by atoms with Gasteiger partial charge in [-0.25, -0.2) is 0 Å². The van der Waals surface area contributed by atoms with Crippen LogP contribution in [0, 0.1) is 0 Å². The molecule has 0 N–H and O–H groups in total. The average molecular weight is 362 g/mol. The summed E-state index contributed by atoms with van der Waals surface area (Å²) in [5.41, 5.74) is 1.75. The van der Waals surface area contributed by atoms with Crippen LogP contribution < -0.4 is 4.74 Å². The first-order valence-electron chi connectivity index (χ1n) is 8.94. The summed E-state index contributed by atoms with van der Waals surface area (Å²) >= 11 is 0. The average Bonchev–Trinajstić information content (AvgIpc) is 3.14. The Labute approximate surface area is 158 Å². The number of carbonyl (C=O) groups is 2. The van der Waals surface area contributed by atoms with E-state index in [1.807, 2.05) is 42.5 Å². The zero-order chi connectivity index (χ0) is 19.1. The first kappa shape index (κ1) is 18.6. The third kappa shape index (κ3) is 5.42. The van der Waals surface area contributed by atoms with Gasteiger partial charge in [-0.05, 0) is 36.2 Å². The zero-order valence-electron chi connectivity index (χ0n) is 15.3. The molecule has 4 nitrogen and oxygen atoms in total. The monoisotopic (exact) mass is 362 g/mol. The first-order valence-corrected chi connectivity index (χ1v) is 8.94. The van der Waals surface area contributed by atoms with Crippen molar-refractivity contribution in [3.63, 3.8) is 0 Å². The molecule has 2 aromatic carbocycles. The molecule has 0 amide bonds. The topological polar surface area (TPSA) is 56.5 Å². The van der Waals surface area contributed by atoms with Crippen molar-refractivity contribution in [2.24, 2.45) is 0 Å². The van der Waals surface area contributed by atoms with Crippen LogP contribution in [-0.2, 0) is 24.1 Å². The SMILES string of the molecule is COc1ccc(CCC(=O)Cc2ccc(CC(=O)c3ccccc3)o2)cc1. The zero-order valence-corrected chi connectivity index (χ0v) is 15.3. The Morgan fingerprint density at radius 3 is 2.19 bits per heavy atom. The van der Waals surface area contributed by atoms with Crippen LogP contribution in [0.3, 0.4) is 0 Å². The highest BCUT2D eigenvalue weighted by Gasteiger charge is 2.12. The Balaban J connectivity index is 1.49. The minimum absolute atomic E-state index is 0.00216. The minimum Gasteiger partial charge on any atom is -0.497 e. The van der Waals surface area contributed by atoms with E-state index in [0.717, 1.165) is 11.3 Å². The molecule has 0 fully saturated rings. The van der Waals surface area contributed by atoms with E-state index in [4.69, 9.17) is 9.15 Å². The number of Topliss-reactive ketones (excluding diaryl/α,β-unsaturated/α-hetero) is 2. The van der Waals surface area contributed by atoms with E-state index in [0.29, 0.717) is 29.9 Å². The van der Waals surface area contributed by atoms with Gasteiger partial charge in [0.1, 0.15) is 23.1 Å². The van der Waals surface area contributed by atoms with Crippen molar-refractivity contribution in [1.82, 2.24) is 0 Å². The highest BCUT2D eigenvalue weighted by molar-refractivity contribution is 5.97. The second-order valence-corrected chi connectivity index (χ2v) is 6.40. The molecule has 0 atom stereocenters. The van der Waals surface area contributed by atoms with Crippen molar-refractivity contribution in [2.45, 2.75) is 25.7 Å². The van der Waals surface area contributed by atoms with Gasteiger partial charge in [0, 0.05) is 12.0 Å². The summed E-state index contributed by atoms with van der Waals surface area (Å²) < 4.78 is 10.8. The lowest BCUT2D eigenvalue weighted by Gasteiger charge is -2.03. The van der Waals surface area contributed by atoms with Gasteiger partial charge in [0.05, 0.1) is 20.0 Å². The van der Waals surface area contributed by atoms with E-state index in [9.17, 15) is 9.59 Å². The summed E-state index contributed by atoms with van der Waals surface area (Å²) in [6.07, 6.45) is 1.58. The lowest BCUT2D eigenvalue weighted by Crippen LogP contribution is -2.04. The maximum atomic E-state index is 12.2. The van der Waals surface area contributed by atoms with Crippen LogP contribution in [0.25, 0.3) is 0 Å². The van der Waals surface area contributed by atoms with E-state index in [1.54, 1.807) is 31.4 Å². The molecule has 0 aliphatic heterocycles. The molecular formula is C23H22O4. The minimum atomic E-state index is 0.00216. The number of aryl methyl sites for hydroxylation is 1. The van der Waals surface area contributed by atoms with Crippen LogP contribution >= 0.6 is 0 Å². The van der Waals surface area contributed by atoms with E-state index < -0.39 is 0 Å². The number of benzene rings is 2. The molecule has 4 heteroatoms. The summed E-state index contributed by atoms with van der Waals surface area (Å²) in [4.78, 5) is 24.4. The molecule has 27 heavy (non-hydrogen) atoms. The van der Waals surface area contributed by atoms with Gasteiger partial charge in [-0.3, -0.25) is 9.59 Å². The number of hydrogen-bond acceptors (Lipinski definition) is 4. The molecule has 0 bridgehead atoms. The number of furan rings is 1. The summed E-state index contributed by atoms with van der Waals surface area (Å²) in [6, 6.07) is 20.4. The number of ketones is 2. The summed E-state index contributed by atoms with van der Waals surface area (Å²) in [6.45, 7) is 0. The van der Waals surface area contributed by atoms with Crippen LogP contribution in [0.15, 0.2) is 71.1 Å². The van der Waals surface area contributed by atoms with Gasteiger partial charge in [-0.15, -0.1) is 0 Å². The van der Waals surface area contributed by atoms with Gasteiger partial charge >= 0.3 is 0 Å². The fourth-order valence-corrected chi connectivity index (χ4v) is 2.86. The highest BCUT2D eigenvalue weighted by atomic mass is 16.5. The van der Waals surface area contributed by atoms with E-state index in [2.05, 4.69) is 0 Å². The lowest BCUT2D eigenvalue weighted by molar-refractivity contribution is -0.118. The van der Waals surface area contributed by atoms with Gasteiger partial charge in [0.25, 0.3) is 0 Å². The van der Waals surface area contributed by atoms with Gasteiger partial charge < -0.3 is 9.15 Å². The molecule has 3 rings (SSSR count). The molecule has 0 spiro atoms. The third-order valence-corrected chi connectivity index (χ3v) is 4.37. The molecule has 1 aromatic heterocycles. The van der Waals surface area contributed by atoms with Crippen molar-refractivity contribution in [1.29, 1.82) is 0 Å². The largest absolute Gasteiger partial charge is 0.497 e. The van der Waals surface area contributed by atoms with Crippen molar-refractivity contribution >= 4 is 11.6 Å². The smallest absolute Gasteiger partial charge is 0.170 e. The molecule has 0 unspecified atom stereocenters. The van der Waals surface area contributed by atoms with Crippen LogP contribution in [0.1, 0.15) is 33.9 Å². The van der Waals surface area contributed by atoms with Crippen LogP contribution in [0.5, 0.6) is 5.75 Å². The predicted octanol–water partition coefficient (Wildman–Crippen LogP) is 4.46. The summed E-state index contributed by atoms with van der Waals surface area (Å²) in [5, 5.41) is 0. The van der Waals surface area contributed by atoms with Crippen molar-refractivity contribution < 1.29 is 18.7 Å². The lowest BCUT2D eigenvalue weighted by atomic mass is 10.1. The van der Waals surface area contributed by atoms with Crippen LogP contribution in [0.2, 0.25) is 0 Å². The Bertz CT molecular complexity index is 892. The molecule has 1 heterocycles. The number of hydrogen-bond donors (Lipinski definition) is 0. The van der Waals surface area contributed by atoms with Gasteiger partial charge in [-0.2, -0.15) is 0 Å². The van der Waals surface area contributed by atoms with E-state index in [-0.39, 0.29) is 24.4 Å². The molecule has 0 saturated heterocycles. The number of ether oxygens (including phenoxy) is 1. The fraction of sp³-hybridized carbons (Fsp3) is 0.217. The van der Waals surface area contributed by atoms with Crippen molar-refractivity contribution in [3.05, 3.63) is 89.4 Å². The molecule has 0 saturated carbocycles. The first-order chi connectivity index (χ1) is 13.1.